The summed E-state index contributed by atoms with van der Waals surface area (Å²) in [7, 11) is 0. The molecule has 0 aromatic heterocycles. The van der Waals surface area contributed by atoms with E-state index >= 15 is 0 Å². The third-order valence-corrected chi connectivity index (χ3v) is 3.80. The fourth-order valence-electron chi connectivity index (χ4n) is 2.48. The van der Waals surface area contributed by atoms with E-state index in [-0.39, 0.29) is 24.5 Å². The molecule has 0 spiro atoms. The first-order chi connectivity index (χ1) is 12.5. The lowest BCUT2D eigenvalue weighted by Gasteiger charge is -2.11. The average Bonchev–Trinajstić information content (AvgIpc) is 3.12. The van der Waals surface area contributed by atoms with Crippen molar-refractivity contribution in [3.8, 4) is 5.75 Å². The summed E-state index contributed by atoms with van der Waals surface area (Å²) in [5.41, 5.74) is 3.31. The molecule has 0 radical (unpaired) electrons. The number of hydrazone groups is 1. The van der Waals surface area contributed by atoms with E-state index < -0.39 is 0 Å². The highest BCUT2D eigenvalue weighted by Crippen LogP contribution is 2.12. The van der Waals surface area contributed by atoms with Gasteiger partial charge in [0.1, 0.15) is 5.75 Å². The zero-order valence-electron chi connectivity index (χ0n) is 15.4. The Hall–Kier alpha value is -2.41. The van der Waals surface area contributed by atoms with Crippen LogP contribution in [-0.2, 0) is 14.3 Å². The van der Waals surface area contributed by atoms with E-state index in [1.807, 2.05) is 13.8 Å². The van der Waals surface area contributed by atoms with Crippen LogP contribution in [0.2, 0.25) is 0 Å². The second-order valence-electron chi connectivity index (χ2n) is 6.69. The van der Waals surface area contributed by atoms with E-state index in [4.69, 9.17) is 9.47 Å². The predicted octanol–water partition coefficient (Wildman–Crippen LogP) is 1.86. The number of hydrogen-bond donors (Lipinski definition) is 2. The molecule has 0 aliphatic carbocycles. The zero-order chi connectivity index (χ0) is 18.8. The van der Waals surface area contributed by atoms with Crippen molar-refractivity contribution in [3.05, 3.63) is 29.8 Å². The zero-order valence-corrected chi connectivity index (χ0v) is 15.4. The van der Waals surface area contributed by atoms with Gasteiger partial charge in [-0.15, -0.1) is 0 Å². The van der Waals surface area contributed by atoms with Crippen molar-refractivity contribution in [2.75, 3.05) is 19.8 Å². The van der Waals surface area contributed by atoms with Gasteiger partial charge in [0, 0.05) is 19.6 Å². The van der Waals surface area contributed by atoms with Gasteiger partial charge < -0.3 is 14.8 Å². The number of amides is 2. The van der Waals surface area contributed by atoms with E-state index in [0.717, 1.165) is 25.0 Å². The molecule has 0 saturated carbocycles. The summed E-state index contributed by atoms with van der Waals surface area (Å²) in [5, 5.41) is 6.73. The molecule has 1 aromatic carbocycles. The van der Waals surface area contributed by atoms with Crippen molar-refractivity contribution >= 4 is 18.0 Å². The summed E-state index contributed by atoms with van der Waals surface area (Å²) in [6, 6.07) is 7.12. The first kappa shape index (κ1) is 19.9. The Morgan fingerprint density at radius 2 is 2.08 bits per heavy atom. The number of rotatable bonds is 9. The molecule has 1 saturated heterocycles. The number of carbonyl (C=O) groups is 2. The van der Waals surface area contributed by atoms with Gasteiger partial charge in [0.2, 0.25) is 5.91 Å². The topological polar surface area (TPSA) is 89.0 Å². The van der Waals surface area contributed by atoms with Crippen LogP contribution in [0, 0.1) is 5.92 Å². The van der Waals surface area contributed by atoms with Crippen LogP contribution in [0.15, 0.2) is 29.4 Å². The van der Waals surface area contributed by atoms with Crippen molar-refractivity contribution in [2.24, 2.45) is 11.0 Å². The number of hydrogen-bond acceptors (Lipinski definition) is 5. The Morgan fingerprint density at radius 3 is 2.73 bits per heavy atom. The maximum Gasteiger partial charge on any atom is 0.258 e. The molecule has 7 nitrogen and oxygen atoms in total. The van der Waals surface area contributed by atoms with Gasteiger partial charge >= 0.3 is 0 Å². The summed E-state index contributed by atoms with van der Waals surface area (Å²) in [5.74, 6) is 0.618. The Labute approximate surface area is 154 Å². The lowest BCUT2D eigenvalue weighted by atomic mass is 10.1. The van der Waals surface area contributed by atoms with Crippen molar-refractivity contribution in [1.29, 1.82) is 0 Å². The van der Waals surface area contributed by atoms with Crippen LogP contribution >= 0.6 is 0 Å². The van der Waals surface area contributed by atoms with E-state index in [1.54, 1.807) is 30.5 Å². The van der Waals surface area contributed by atoms with E-state index in [1.165, 1.54) is 0 Å². The molecular formula is C19H27N3O4. The number of ether oxygens (including phenoxy) is 2. The highest BCUT2D eigenvalue weighted by atomic mass is 16.5. The highest BCUT2D eigenvalue weighted by molar-refractivity contribution is 5.82. The molecule has 0 bridgehead atoms. The second kappa shape index (κ2) is 10.6. The molecular weight excluding hydrogens is 334 g/mol. The fraction of sp³-hybridized carbons (Fsp3) is 0.526. The maximum atomic E-state index is 11.8. The van der Waals surface area contributed by atoms with Crippen molar-refractivity contribution in [3.63, 3.8) is 0 Å². The van der Waals surface area contributed by atoms with Gasteiger partial charge in [-0.25, -0.2) is 5.43 Å². The normalized spacial score (nSPS) is 16.8. The van der Waals surface area contributed by atoms with Crippen LogP contribution in [0.1, 0.15) is 38.7 Å². The SMILES string of the molecule is CC(C)CC(=O)N/N=C\c1ccc(OCC(=O)NC[C@@H]2CCCO2)cc1. The summed E-state index contributed by atoms with van der Waals surface area (Å²) in [6.07, 6.45) is 4.17. The molecule has 7 heteroatoms. The second-order valence-corrected chi connectivity index (χ2v) is 6.69. The van der Waals surface area contributed by atoms with Gasteiger partial charge in [0.15, 0.2) is 6.61 Å². The Kier molecular flexibility index (Phi) is 8.08. The largest absolute Gasteiger partial charge is 0.484 e. The summed E-state index contributed by atoms with van der Waals surface area (Å²) in [4.78, 5) is 23.3. The molecule has 1 atom stereocenters. The summed E-state index contributed by atoms with van der Waals surface area (Å²) in [6.45, 7) is 5.22. The molecule has 0 unspecified atom stereocenters. The standard InChI is InChI=1S/C19H27N3O4/c1-14(2)10-18(23)22-21-11-15-5-7-16(8-6-15)26-13-19(24)20-12-17-4-3-9-25-17/h5-8,11,14,17H,3-4,9-10,12-13H2,1-2H3,(H,20,24)(H,22,23)/b21-11-/t17-/m0/s1. The predicted molar refractivity (Wildman–Crippen MR) is 99.1 cm³/mol. The Morgan fingerprint density at radius 1 is 1.31 bits per heavy atom. The van der Waals surface area contributed by atoms with Crippen LogP contribution in [0.5, 0.6) is 5.75 Å². The lowest BCUT2D eigenvalue weighted by Crippen LogP contribution is -2.35. The fourth-order valence-corrected chi connectivity index (χ4v) is 2.48. The molecule has 1 aliphatic heterocycles. The third-order valence-electron chi connectivity index (χ3n) is 3.80. The lowest BCUT2D eigenvalue weighted by molar-refractivity contribution is -0.123. The Balaban J connectivity index is 1.67. The summed E-state index contributed by atoms with van der Waals surface area (Å²) < 4.78 is 10.9. The van der Waals surface area contributed by atoms with E-state index in [2.05, 4.69) is 15.8 Å². The van der Waals surface area contributed by atoms with Gasteiger partial charge in [-0.1, -0.05) is 13.8 Å². The average molecular weight is 361 g/mol. The smallest absolute Gasteiger partial charge is 0.258 e. The molecule has 1 fully saturated rings. The maximum absolute atomic E-state index is 11.8. The van der Waals surface area contributed by atoms with Gasteiger partial charge in [-0.05, 0) is 48.6 Å². The number of nitrogens with one attached hydrogen (secondary N) is 2. The van der Waals surface area contributed by atoms with Crippen molar-refractivity contribution < 1.29 is 19.1 Å². The molecule has 2 N–H and O–H groups in total. The van der Waals surface area contributed by atoms with Crippen LogP contribution in [0.25, 0.3) is 0 Å². The van der Waals surface area contributed by atoms with Crippen molar-refractivity contribution in [2.45, 2.75) is 39.2 Å². The van der Waals surface area contributed by atoms with Gasteiger partial charge in [0.05, 0.1) is 12.3 Å². The molecule has 142 valence electrons. The Bertz CT molecular complexity index is 608. The van der Waals surface area contributed by atoms with Crippen LogP contribution in [0.3, 0.4) is 0 Å². The molecule has 1 aliphatic rings. The molecule has 1 aromatic rings. The molecule has 1 heterocycles. The van der Waals surface area contributed by atoms with Gasteiger partial charge in [0.25, 0.3) is 5.91 Å². The molecule has 26 heavy (non-hydrogen) atoms. The van der Waals surface area contributed by atoms with Crippen LogP contribution < -0.4 is 15.5 Å². The van der Waals surface area contributed by atoms with E-state index in [9.17, 15) is 9.59 Å². The minimum absolute atomic E-state index is 0.0363. The monoisotopic (exact) mass is 361 g/mol. The van der Waals surface area contributed by atoms with Crippen molar-refractivity contribution in [1.82, 2.24) is 10.7 Å². The number of benzene rings is 1. The quantitative estimate of drug-likeness (QED) is 0.519. The highest BCUT2D eigenvalue weighted by Gasteiger charge is 2.16. The minimum atomic E-state index is -0.168. The van der Waals surface area contributed by atoms with E-state index in [0.29, 0.717) is 24.6 Å². The molecule has 2 amide bonds. The van der Waals surface area contributed by atoms with Crippen LogP contribution in [-0.4, -0.2) is 43.9 Å². The first-order valence-corrected chi connectivity index (χ1v) is 8.96. The number of carbonyl (C=O) groups excluding carboxylic acids is 2. The van der Waals surface area contributed by atoms with Crippen LogP contribution in [0.4, 0.5) is 0 Å². The first-order valence-electron chi connectivity index (χ1n) is 8.96. The molecule has 2 rings (SSSR count). The number of nitrogens with zero attached hydrogens (tertiary/aromatic N) is 1. The van der Waals surface area contributed by atoms with Gasteiger partial charge in [-0.3, -0.25) is 9.59 Å². The minimum Gasteiger partial charge on any atom is -0.484 e. The summed E-state index contributed by atoms with van der Waals surface area (Å²) >= 11 is 0. The third kappa shape index (κ3) is 7.65. The van der Waals surface area contributed by atoms with Gasteiger partial charge in [-0.2, -0.15) is 5.10 Å².